The molecule has 0 saturated carbocycles. The third kappa shape index (κ3) is 6.55. The van der Waals surface area contributed by atoms with Gasteiger partial charge < -0.3 is 20.4 Å². The van der Waals surface area contributed by atoms with Crippen LogP contribution in [0.3, 0.4) is 0 Å². The monoisotopic (exact) mass is 505 g/mol. The Morgan fingerprint density at radius 3 is 2.57 bits per heavy atom. The Morgan fingerprint density at radius 1 is 1.08 bits per heavy atom. The first-order valence-electron chi connectivity index (χ1n) is 13.6. The number of nitrogens with one attached hydrogen (secondary N) is 2. The smallest absolute Gasteiger partial charge is 0.252 e. The van der Waals surface area contributed by atoms with Crippen LogP contribution in [0.2, 0.25) is 0 Å². The number of likely N-dealkylation sites (tertiary alicyclic amines) is 1. The zero-order valence-corrected chi connectivity index (χ0v) is 21.8. The molecule has 0 bridgehead atoms. The van der Waals surface area contributed by atoms with Gasteiger partial charge in [-0.25, -0.2) is 0 Å². The van der Waals surface area contributed by atoms with E-state index in [1.165, 1.54) is 11.8 Å². The SMILES string of the molecule is CCCN1C(=O)[C@H](CCCCNC(=O)c2cccnc2)NC(=O)C12CCN(CCc1ccccc1)CC2. The van der Waals surface area contributed by atoms with Crippen molar-refractivity contribution in [1.82, 2.24) is 25.4 Å². The van der Waals surface area contributed by atoms with Gasteiger partial charge in [-0.1, -0.05) is 37.3 Å². The second-order valence-corrected chi connectivity index (χ2v) is 10.1. The lowest BCUT2D eigenvalue weighted by atomic mass is 9.81. The van der Waals surface area contributed by atoms with Gasteiger partial charge >= 0.3 is 0 Å². The largest absolute Gasteiger partial charge is 0.352 e. The number of hydrogen-bond acceptors (Lipinski definition) is 5. The molecule has 2 N–H and O–H groups in total. The summed E-state index contributed by atoms with van der Waals surface area (Å²) in [4.78, 5) is 47.4. The number of benzene rings is 1. The number of piperazine rings is 1. The second-order valence-electron chi connectivity index (χ2n) is 10.1. The average molecular weight is 506 g/mol. The number of pyridine rings is 1. The van der Waals surface area contributed by atoms with Crippen molar-refractivity contribution in [3.05, 3.63) is 66.0 Å². The van der Waals surface area contributed by atoms with Crippen LogP contribution in [0.25, 0.3) is 0 Å². The van der Waals surface area contributed by atoms with Crippen molar-refractivity contribution in [2.24, 2.45) is 0 Å². The van der Waals surface area contributed by atoms with Gasteiger partial charge in [0, 0.05) is 45.1 Å². The summed E-state index contributed by atoms with van der Waals surface area (Å²) in [6.07, 6.45) is 8.38. The lowest BCUT2D eigenvalue weighted by Crippen LogP contribution is -2.72. The number of hydrogen-bond donors (Lipinski definition) is 2. The Balaban J connectivity index is 1.26. The number of nitrogens with zero attached hydrogens (tertiary/aromatic N) is 3. The van der Waals surface area contributed by atoms with Gasteiger partial charge in [-0.05, 0) is 62.6 Å². The molecule has 2 fully saturated rings. The lowest BCUT2D eigenvalue weighted by Gasteiger charge is -2.51. The molecule has 3 heterocycles. The first kappa shape index (κ1) is 26.8. The minimum Gasteiger partial charge on any atom is -0.352 e. The zero-order chi connectivity index (χ0) is 26.1. The summed E-state index contributed by atoms with van der Waals surface area (Å²) in [7, 11) is 0. The molecular formula is C29H39N5O3. The van der Waals surface area contributed by atoms with E-state index in [0.717, 1.165) is 45.3 Å². The highest BCUT2D eigenvalue weighted by Crippen LogP contribution is 2.34. The van der Waals surface area contributed by atoms with Crippen LogP contribution < -0.4 is 10.6 Å². The van der Waals surface area contributed by atoms with Crippen LogP contribution in [0.1, 0.15) is 61.4 Å². The predicted molar refractivity (Wildman–Crippen MR) is 143 cm³/mol. The molecule has 1 aromatic carbocycles. The number of piperidine rings is 1. The van der Waals surface area contributed by atoms with E-state index in [9.17, 15) is 14.4 Å². The highest BCUT2D eigenvalue weighted by molar-refractivity contribution is 6.00. The Labute approximate surface area is 219 Å². The molecule has 0 radical (unpaired) electrons. The normalized spacial score (nSPS) is 19.6. The molecule has 1 aromatic heterocycles. The Bertz CT molecular complexity index is 1040. The van der Waals surface area contributed by atoms with Crippen molar-refractivity contribution in [3.63, 3.8) is 0 Å². The molecule has 2 saturated heterocycles. The quantitative estimate of drug-likeness (QED) is 0.458. The minimum absolute atomic E-state index is 0.00172. The molecule has 3 amide bonds. The summed E-state index contributed by atoms with van der Waals surface area (Å²) >= 11 is 0. The van der Waals surface area contributed by atoms with Crippen molar-refractivity contribution in [2.75, 3.05) is 32.7 Å². The third-order valence-electron chi connectivity index (χ3n) is 7.63. The molecule has 4 rings (SSSR count). The predicted octanol–water partition coefficient (Wildman–Crippen LogP) is 2.80. The molecule has 37 heavy (non-hydrogen) atoms. The molecule has 0 unspecified atom stereocenters. The summed E-state index contributed by atoms with van der Waals surface area (Å²) in [5, 5.41) is 5.96. The van der Waals surface area contributed by atoms with Crippen LogP contribution in [0.15, 0.2) is 54.9 Å². The van der Waals surface area contributed by atoms with Crippen LogP contribution in [-0.4, -0.2) is 76.8 Å². The van der Waals surface area contributed by atoms with E-state index < -0.39 is 11.6 Å². The van der Waals surface area contributed by atoms with Gasteiger partial charge in [0.1, 0.15) is 11.6 Å². The maximum absolute atomic E-state index is 13.5. The highest BCUT2D eigenvalue weighted by Gasteiger charge is 2.52. The van der Waals surface area contributed by atoms with Crippen LogP contribution in [-0.2, 0) is 16.0 Å². The minimum atomic E-state index is -0.732. The van der Waals surface area contributed by atoms with Gasteiger partial charge in [0.2, 0.25) is 11.8 Å². The Kier molecular flexibility index (Phi) is 9.28. The van der Waals surface area contributed by atoms with Crippen LogP contribution in [0.4, 0.5) is 0 Å². The fraction of sp³-hybridized carbons (Fsp3) is 0.517. The zero-order valence-electron chi connectivity index (χ0n) is 21.8. The molecule has 1 spiro atoms. The van der Waals surface area contributed by atoms with E-state index in [1.807, 2.05) is 11.0 Å². The molecule has 8 nitrogen and oxygen atoms in total. The average Bonchev–Trinajstić information content (AvgIpc) is 2.94. The number of rotatable bonds is 11. The topological polar surface area (TPSA) is 94.6 Å². The van der Waals surface area contributed by atoms with Gasteiger partial charge in [-0.3, -0.25) is 19.4 Å². The number of unbranched alkanes of at least 4 members (excludes halogenated alkanes) is 1. The van der Waals surface area contributed by atoms with Gasteiger partial charge in [-0.15, -0.1) is 0 Å². The van der Waals surface area contributed by atoms with Crippen LogP contribution in [0.5, 0.6) is 0 Å². The molecule has 198 valence electrons. The number of carbonyl (C=O) groups is 3. The molecular weight excluding hydrogens is 466 g/mol. The fourth-order valence-corrected chi connectivity index (χ4v) is 5.47. The summed E-state index contributed by atoms with van der Waals surface area (Å²) in [5.41, 5.74) is 1.12. The molecule has 2 aliphatic heterocycles. The van der Waals surface area contributed by atoms with Gasteiger partial charge in [0.05, 0.1) is 5.56 Å². The van der Waals surface area contributed by atoms with Crippen LogP contribution >= 0.6 is 0 Å². The molecule has 2 aliphatic rings. The van der Waals surface area contributed by atoms with Crippen molar-refractivity contribution >= 4 is 17.7 Å². The van der Waals surface area contributed by atoms with Gasteiger partial charge in [-0.2, -0.15) is 0 Å². The molecule has 0 aliphatic carbocycles. The number of amides is 3. The fourth-order valence-electron chi connectivity index (χ4n) is 5.47. The summed E-state index contributed by atoms with van der Waals surface area (Å²) in [5.74, 6) is -0.113. The first-order chi connectivity index (χ1) is 18.0. The van der Waals surface area contributed by atoms with Crippen molar-refractivity contribution < 1.29 is 14.4 Å². The third-order valence-corrected chi connectivity index (χ3v) is 7.63. The van der Waals surface area contributed by atoms with E-state index in [1.54, 1.807) is 18.3 Å². The molecule has 1 atom stereocenters. The first-order valence-corrected chi connectivity index (χ1v) is 13.6. The Morgan fingerprint density at radius 2 is 1.86 bits per heavy atom. The van der Waals surface area contributed by atoms with E-state index in [-0.39, 0.29) is 17.7 Å². The standard InChI is InChI=1S/C29H39N5O3/c1-2-18-34-27(36)25(12-6-7-17-31-26(35)24-11-8-16-30-22-24)32-28(37)29(34)14-20-33(21-15-29)19-13-23-9-4-3-5-10-23/h3-5,8-11,16,22,25H,2,6-7,12-15,17-21H2,1H3,(H,31,35)(H,32,37)/t25-/m0/s1. The second kappa shape index (κ2) is 12.8. The maximum atomic E-state index is 13.5. The van der Waals surface area contributed by atoms with Gasteiger partial charge in [0.15, 0.2) is 0 Å². The van der Waals surface area contributed by atoms with E-state index in [4.69, 9.17) is 0 Å². The van der Waals surface area contributed by atoms with Crippen molar-refractivity contribution in [3.8, 4) is 0 Å². The number of aromatic nitrogens is 1. The Hall–Kier alpha value is -3.26. The van der Waals surface area contributed by atoms with Crippen molar-refractivity contribution in [1.29, 1.82) is 0 Å². The van der Waals surface area contributed by atoms with Crippen LogP contribution in [0, 0.1) is 0 Å². The van der Waals surface area contributed by atoms with E-state index in [2.05, 4.69) is 51.7 Å². The van der Waals surface area contributed by atoms with E-state index >= 15 is 0 Å². The summed E-state index contributed by atoms with van der Waals surface area (Å²) in [6.45, 7) is 5.77. The molecule has 8 heteroatoms. The maximum Gasteiger partial charge on any atom is 0.252 e. The summed E-state index contributed by atoms with van der Waals surface area (Å²) in [6, 6.07) is 13.4. The molecule has 2 aromatic rings. The lowest BCUT2D eigenvalue weighted by molar-refractivity contribution is -0.161. The van der Waals surface area contributed by atoms with E-state index in [0.29, 0.717) is 37.9 Å². The number of carbonyl (C=O) groups excluding carboxylic acids is 3. The summed E-state index contributed by atoms with van der Waals surface area (Å²) < 4.78 is 0. The van der Waals surface area contributed by atoms with Gasteiger partial charge in [0.25, 0.3) is 5.91 Å². The highest BCUT2D eigenvalue weighted by atomic mass is 16.2. The van der Waals surface area contributed by atoms with Crippen molar-refractivity contribution in [2.45, 2.75) is 63.5 Å².